The summed E-state index contributed by atoms with van der Waals surface area (Å²) in [6.45, 7) is 2.22. The maximum absolute atomic E-state index is 13.9. The number of nitrogens with one attached hydrogen (secondary N) is 1. The molecule has 0 bridgehead atoms. The molecule has 0 radical (unpaired) electrons. The van der Waals surface area contributed by atoms with E-state index in [4.69, 9.17) is 4.74 Å². The van der Waals surface area contributed by atoms with E-state index in [1.54, 1.807) is 36.1 Å². The van der Waals surface area contributed by atoms with Crippen LogP contribution in [-0.4, -0.2) is 24.5 Å². The van der Waals surface area contributed by atoms with Gasteiger partial charge in [0.15, 0.2) is 6.10 Å². The van der Waals surface area contributed by atoms with Crippen molar-refractivity contribution in [3.8, 4) is 5.75 Å². The predicted molar refractivity (Wildman–Crippen MR) is 113 cm³/mol. The zero-order valence-electron chi connectivity index (χ0n) is 16.5. The van der Waals surface area contributed by atoms with Gasteiger partial charge in [-0.1, -0.05) is 42.5 Å². The molecular weight excluding hydrogens is 383 g/mol. The third-order valence-electron chi connectivity index (χ3n) is 5.01. The summed E-state index contributed by atoms with van der Waals surface area (Å²) >= 11 is 0. The summed E-state index contributed by atoms with van der Waals surface area (Å²) in [5.41, 5.74) is 2.22. The Morgan fingerprint density at radius 3 is 2.57 bits per heavy atom. The zero-order chi connectivity index (χ0) is 21.1. The van der Waals surface area contributed by atoms with Gasteiger partial charge in [-0.2, -0.15) is 0 Å². The number of benzene rings is 3. The molecule has 1 unspecified atom stereocenters. The molecule has 5 nitrogen and oxygen atoms in total. The standard InChI is InChI=1S/C24H21FN2O3/c1-16-24(29)27(14-13-17-7-3-2-4-8-17)21-12-11-18(15-22(21)30-16)26-23(28)19-9-5-6-10-20(19)25/h2-12,15-16H,13-14H2,1H3,(H,26,28). The summed E-state index contributed by atoms with van der Waals surface area (Å²) < 4.78 is 19.6. The van der Waals surface area contributed by atoms with Crippen molar-refractivity contribution in [3.05, 3.63) is 89.7 Å². The lowest BCUT2D eigenvalue weighted by Crippen LogP contribution is -2.45. The summed E-state index contributed by atoms with van der Waals surface area (Å²) in [5, 5.41) is 2.69. The lowest BCUT2D eigenvalue weighted by molar-refractivity contribution is -0.125. The average molecular weight is 404 g/mol. The molecule has 4 rings (SSSR count). The van der Waals surface area contributed by atoms with E-state index < -0.39 is 17.8 Å². The van der Waals surface area contributed by atoms with Crippen molar-refractivity contribution in [2.24, 2.45) is 0 Å². The first-order valence-electron chi connectivity index (χ1n) is 9.75. The van der Waals surface area contributed by atoms with E-state index in [1.807, 2.05) is 30.3 Å². The molecule has 30 heavy (non-hydrogen) atoms. The van der Waals surface area contributed by atoms with Gasteiger partial charge in [-0.15, -0.1) is 0 Å². The topological polar surface area (TPSA) is 58.6 Å². The molecule has 6 heteroatoms. The lowest BCUT2D eigenvalue weighted by atomic mass is 10.1. The zero-order valence-corrected chi connectivity index (χ0v) is 16.5. The first-order chi connectivity index (χ1) is 14.5. The molecule has 1 atom stereocenters. The van der Waals surface area contributed by atoms with Gasteiger partial charge in [-0.3, -0.25) is 9.59 Å². The van der Waals surface area contributed by atoms with Gasteiger partial charge in [0.2, 0.25) is 0 Å². The molecule has 0 saturated carbocycles. The van der Waals surface area contributed by atoms with E-state index in [0.717, 1.165) is 5.56 Å². The second-order valence-electron chi connectivity index (χ2n) is 7.10. The van der Waals surface area contributed by atoms with E-state index in [1.165, 1.54) is 18.2 Å². The van der Waals surface area contributed by atoms with Crippen molar-refractivity contribution in [1.82, 2.24) is 0 Å². The van der Waals surface area contributed by atoms with E-state index in [2.05, 4.69) is 5.32 Å². The minimum absolute atomic E-state index is 0.0378. The van der Waals surface area contributed by atoms with Crippen LogP contribution in [0.1, 0.15) is 22.8 Å². The van der Waals surface area contributed by atoms with Crippen LogP contribution >= 0.6 is 0 Å². The molecule has 1 aliphatic rings. The number of hydrogen-bond acceptors (Lipinski definition) is 3. The molecule has 3 aromatic rings. The van der Waals surface area contributed by atoms with Gasteiger partial charge in [-0.25, -0.2) is 4.39 Å². The van der Waals surface area contributed by atoms with Gasteiger partial charge in [0.05, 0.1) is 11.3 Å². The molecule has 1 heterocycles. The number of ether oxygens (including phenoxy) is 1. The largest absolute Gasteiger partial charge is 0.479 e. The quantitative estimate of drug-likeness (QED) is 0.684. The first-order valence-corrected chi connectivity index (χ1v) is 9.75. The van der Waals surface area contributed by atoms with Crippen molar-refractivity contribution < 1.29 is 18.7 Å². The maximum atomic E-state index is 13.9. The summed E-state index contributed by atoms with van der Waals surface area (Å²) in [6.07, 6.45) is 0.0793. The number of nitrogens with zero attached hydrogens (tertiary/aromatic N) is 1. The van der Waals surface area contributed by atoms with Crippen LogP contribution in [0.25, 0.3) is 0 Å². The highest BCUT2D eigenvalue weighted by molar-refractivity contribution is 6.05. The number of hydrogen-bond donors (Lipinski definition) is 1. The Morgan fingerprint density at radius 1 is 1.07 bits per heavy atom. The molecule has 0 aliphatic carbocycles. The Bertz CT molecular complexity index is 1080. The number of carbonyl (C=O) groups is 2. The van der Waals surface area contributed by atoms with E-state index >= 15 is 0 Å². The number of rotatable bonds is 5. The fraction of sp³-hybridized carbons (Fsp3) is 0.167. The molecule has 152 valence electrons. The number of fused-ring (bicyclic) bond motifs is 1. The third kappa shape index (κ3) is 4.03. The molecule has 1 N–H and O–H groups in total. The Morgan fingerprint density at radius 2 is 1.80 bits per heavy atom. The maximum Gasteiger partial charge on any atom is 0.267 e. The van der Waals surface area contributed by atoms with Crippen molar-refractivity contribution in [1.29, 1.82) is 0 Å². The fourth-order valence-corrected chi connectivity index (χ4v) is 3.45. The predicted octanol–water partition coefficient (Wildman–Crippen LogP) is 4.43. The molecule has 2 amide bonds. The monoisotopic (exact) mass is 404 g/mol. The van der Waals surface area contributed by atoms with Crippen LogP contribution in [0.4, 0.5) is 15.8 Å². The highest BCUT2D eigenvalue weighted by Gasteiger charge is 2.31. The normalized spacial score (nSPS) is 15.3. The fourth-order valence-electron chi connectivity index (χ4n) is 3.45. The molecule has 0 saturated heterocycles. The van der Waals surface area contributed by atoms with Gasteiger partial charge >= 0.3 is 0 Å². The highest BCUT2D eigenvalue weighted by atomic mass is 19.1. The number of halogens is 1. The second kappa shape index (κ2) is 8.37. The Hall–Kier alpha value is -3.67. The van der Waals surface area contributed by atoms with Gasteiger partial charge in [0.1, 0.15) is 11.6 Å². The van der Waals surface area contributed by atoms with Gasteiger partial charge < -0.3 is 15.0 Å². The molecule has 0 fully saturated rings. The summed E-state index contributed by atoms with van der Waals surface area (Å²) in [5.74, 6) is -0.743. The smallest absolute Gasteiger partial charge is 0.267 e. The summed E-state index contributed by atoms with van der Waals surface area (Å²) in [6, 6.07) is 20.8. The van der Waals surface area contributed by atoms with Crippen molar-refractivity contribution >= 4 is 23.2 Å². The van der Waals surface area contributed by atoms with Gasteiger partial charge in [0, 0.05) is 18.3 Å². The van der Waals surface area contributed by atoms with E-state index in [9.17, 15) is 14.0 Å². The average Bonchev–Trinajstić information content (AvgIpc) is 2.75. The van der Waals surface area contributed by atoms with Gasteiger partial charge in [-0.05, 0) is 43.2 Å². The van der Waals surface area contributed by atoms with Crippen LogP contribution in [0, 0.1) is 5.82 Å². The Balaban J connectivity index is 1.55. The summed E-state index contributed by atoms with van der Waals surface area (Å²) in [7, 11) is 0. The van der Waals surface area contributed by atoms with E-state index in [-0.39, 0.29) is 11.5 Å². The number of amides is 2. The molecule has 0 spiro atoms. The minimum Gasteiger partial charge on any atom is -0.479 e. The van der Waals surface area contributed by atoms with E-state index in [0.29, 0.717) is 30.1 Å². The molecule has 3 aromatic carbocycles. The Kier molecular flexibility index (Phi) is 5.48. The van der Waals surface area contributed by atoms with Crippen LogP contribution in [0.5, 0.6) is 5.75 Å². The minimum atomic E-state index is -0.634. The van der Waals surface area contributed by atoms with Crippen LogP contribution < -0.4 is 15.0 Å². The van der Waals surface area contributed by atoms with Crippen molar-refractivity contribution in [2.45, 2.75) is 19.4 Å². The van der Waals surface area contributed by atoms with Crippen LogP contribution in [0.2, 0.25) is 0 Å². The molecule has 0 aromatic heterocycles. The Labute approximate surface area is 174 Å². The lowest BCUT2D eigenvalue weighted by Gasteiger charge is -2.33. The number of carbonyl (C=O) groups excluding carboxylic acids is 2. The molecule has 1 aliphatic heterocycles. The summed E-state index contributed by atoms with van der Waals surface area (Å²) in [4.78, 5) is 26.8. The van der Waals surface area contributed by atoms with Crippen LogP contribution in [0.15, 0.2) is 72.8 Å². The second-order valence-corrected chi connectivity index (χ2v) is 7.10. The van der Waals surface area contributed by atoms with Crippen LogP contribution in [0.3, 0.4) is 0 Å². The van der Waals surface area contributed by atoms with Crippen molar-refractivity contribution in [2.75, 3.05) is 16.8 Å². The first kappa shape index (κ1) is 19.6. The highest BCUT2D eigenvalue weighted by Crippen LogP contribution is 2.36. The number of anilines is 2. The third-order valence-corrected chi connectivity index (χ3v) is 5.01. The van der Waals surface area contributed by atoms with Crippen LogP contribution in [-0.2, 0) is 11.2 Å². The van der Waals surface area contributed by atoms with Crippen molar-refractivity contribution in [3.63, 3.8) is 0 Å². The van der Waals surface area contributed by atoms with Gasteiger partial charge in [0.25, 0.3) is 11.8 Å². The SMILES string of the molecule is CC1Oc2cc(NC(=O)c3ccccc3F)ccc2N(CCc2ccccc2)C1=O. The molecular formula is C24H21FN2O3.